The van der Waals surface area contributed by atoms with Crippen LogP contribution in [0.25, 0.3) is 10.9 Å². The molecule has 0 bridgehead atoms. The van der Waals surface area contributed by atoms with E-state index in [0.29, 0.717) is 37.1 Å². The van der Waals surface area contributed by atoms with Gasteiger partial charge in [0.2, 0.25) is 11.9 Å². The van der Waals surface area contributed by atoms with Crippen LogP contribution >= 0.6 is 11.8 Å². The maximum Gasteiger partial charge on any atom is 0.239 e. The van der Waals surface area contributed by atoms with E-state index in [0.717, 1.165) is 31.8 Å². The zero-order valence-corrected chi connectivity index (χ0v) is 20.6. The van der Waals surface area contributed by atoms with Crippen LogP contribution in [0.15, 0.2) is 87.7 Å². The van der Waals surface area contributed by atoms with Gasteiger partial charge in [-0.2, -0.15) is 10.1 Å². The van der Waals surface area contributed by atoms with Crippen molar-refractivity contribution in [1.29, 1.82) is 0 Å². The number of hydrogen-bond acceptors (Lipinski definition) is 8. The largest absolute Gasteiger partial charge is 0.392 e. The molecule has 0 radical (unpaired) electrons. The molecule has 1 aliphatic rings. The quantitative estimate of drug-likeness (QED) is 0.334. The normalized spacial score (nSPS) is 13.1. The first-order chi connectivity index (χ1) is 17.6. The first kappa shape index (κ1) is 23.8. The first-order valence-electron chi connectivity index (χ1n) is 11.7. The molecule has 4 aromatic rings. The molecule has 0 unspecified atom stereocenters. The summed E-state index contributed by atoms with van der Waals surface area (Å²) in [6.45, 7) is 2.59. The Balaban J connectivity index is 1.38. The molecule has 2 heterocycles. The third-order valence-electron chi connectivity index (χ3n) is 5.80. The first-order valence-corrected chi connectivity index (χ1v) is 12.5. The number of aliphatic hydroxyl groups excluding tert-OH is 1. The Morgan fingerprint density at radius 2 is 1.67 bits per heavy atom. The van der Waals surface area contributed by atoms with Crippen molar-refractivity contribution in [2.24, 2.45) is 5.10 Å². The number of aromatic nitrogens is 2. The number of nitrogens with one attached hydrogen (secondary N) is 2. The maximum atomic E-state index is 11.7. The summed E-state index contributed by atoms with van der Waals surface area (Å²) in [6.07, 6.45) is 0.639. The standard InChI is InChI=1S/C27H26N6O2S/c1-18(35)33-15-14-25(32-33)30-26-21-10-4-5-11-22(21)29-27(31-26)28-16-19-8-2-6-12-23(19)36-24-13-7-3-9-20(24)17-34/h2-13,34H,14-17H2,1H3,(H2,28,29,30,31,32). The minimum absolute atomic E-state index is 0.000233. The summed E-state index contributed by atoms with van der Waals surface area (Å²) in [5.74, 6) is 1.75. The van der Waals surface area contributed by atoms with Crippen molar-refractivity contribution in [3.8, 4) is 0 Å². The highest BCUT2D eigenvalue weighted by Crippen LogP contribution is 2.33. The fraction of sp³-hybridized carbons (Fsp3) is 0.185. The molecule has 8 nitrogen and oxygen atoms in total. The number of carbonyl (C=O) groups excluding carboxylic acids is 1. The van der Waals surface area contributed by atoms with Gasteiger partial charge in [0.05, 0.1) is 18.7 Å². The van der Waals surface area contributed by atoms with Crippen LogP contribution in [0.2, 0.25) is 0 Å². The van der Waals surface area contributed by atoms with Gasteiger partial charge in [-0.3, -0.25) is 4.79 Å². The van der Waals surface area contributed by atoms with E-state index < -0.39 is 0 Å². The fourth-order valence-electron chi connectivity index (χ4n) is 3.94. The Bertz CT molecular complexity index is 1440. The lowest BCUT2D eigenvalue weighted by Crippen LogP contribution is -2.19. The van der Waals surface area contributed by atoms with Gasteiger partial charge in [0.15, 0.2) is 0 Å². The molecular formula is C27H26N6O2S. The summed E-state index contributed by atoms with van der Waals surface area (Å²) in [4.78, 5) is 23.2. The lowest BCUT2D eigenvalue weighted by Gasteiger charge is -2.14. The number of nitrogens with zero attached hydrogens (tertiary/aromatic N) is 4. The molecule has 0 saturated carbocycles. The second-order valence-corrected chi connectivity index (χ2v) is 9.39. The topological polar surface area (TPSA) is 103 Å². The number of amides is 1. The average Bonchev–Trinajstić information content (AvgIpc) is 3.37. The smallest absolute Gasteiger partial charge is 0.239 e. The highest BCUT2D eigenvalue weighted by molar-refractivity contribution is 7.99. The Labute approximate surface area is 213 Å². The minimum atomic E-state index is -0.0835. The summed E-state index contributed by atoms with van der Waals surface area (Å²) >= 11 is 1.63. The van der Waals surface area contributed by atoms with Gasteiger partial charge in [-0.1, -0.05) is 60.3 Å². The van der Waals surface area contributed by atoms with E-state index in [1.165, 1.54) is 11.9 Å². The molecule has 0 atom stereocenters. The van der Waals surface area contributed by atoms with Crippen LogP contribution < -0.4 is 10.6 Å². The van der Waals surface area contributed by atoms with Crippen molar-refractivity contribution >= 4 is 46.2 Å². The molecule has 0 spiro atoms. The number of hydrazone groups is 1. The molecule has 1 aliphatic heterocycles. The summed E-state index contributed by atoms with van der Waals surface area (Å²) in [5, 5.41) is 23.1. The summed E-state index contributed by atoms with van der Waals surface area (Å²) in [6, 6.07) is 23.8. The molecular weight excluding hydrogens is 472 g/mol. The molecule has 3 aromatic carbocycles. The number of para-hydroxylation sites is 1. The predicted molar refractivity (Wildman–Crippen MR) is 143 cm³/mol. The molecule has 5 rings (SSSR count). The van der Waals surface area contributed by atoms with Crippen LogP contribution in [-0.4, -0.2) is 38.4 Å². The molecule has 0 saturated heterocycles. The van der Waals surface area contributed by atoms with Crippen molar-refractivity contribution in [3.05, 3.63) is 83.9 Å². The molecule has 9 heteroatoms. The number of carbonyl (C=O) groups is 1. The number of benzene rings is 3. The van der Waals surface area contributed by atoms with E-state index in [9.17, 15) is 9.90 Å². The van der Waals surface area contributed by atoms with Crippen molar-refractivity contribution in [2.45, 2.75) is 36.3 Å². The van der Waals surface area contributed by atoms with E-state index in [1.807, 2.05) is 60.7 Å². The van der Waals surface area contributed by atoms with Gasteiger partial charge in [-0.25, -0.2) is 9.99 Å². The highest BCUT2D eigenvalue weighted by Gasteiger charge is 2.19. The van der Waals surface area contributed by atoms with Crippen molar-refractivity contribution < 1.29 is 9.90 Å². The van der Waals surface area contributed by atoms with E-state index in [-0.39, 0.29) is 12.5 Å². The van der Waals surface area contributed by atoms with Crippen LogP contribution in [0.1, 0.15) is 24.5 Å². The number of hydrogen-bond donors (Lipinski definition) is 3. The molecule has 1 aromatic heterocycles. The third kappa shape index (κ3) is 5.32. The van der Waals surface area contributed by atoms with E-state index in [1.54, 1.807) is 11.8 Å². The van der Waals surface area contributed by atoms with Crippen LogP contribution in [0.4, 0.5) is 11.8 Å². The molecule has 1 amide bonds. The molecule has 0 aliphatic carbocycles. The van der Waals surface area contributed by atoms with E-state index >= 15 is 0 Å². The number of anilines is 2. The number of aliphatic hydroxyl groups is 1. The zero-order valence-electron chi connectivity index (χ0n) is 19.8. The lowest BCUT2D eigenvalue weighted by molar-refractivity contribution is -0.128. The van der Waals surface area contributed by atoms with Crippen LogP contribution in [-0.2, 0) is 17.9 Å². The van der Waals surface area contributed by atoms with Gasteiger partial charge in [0, 0.05) is 35.1 Å². The van der Waals surface area contributed by atoms with Gasteiger partial charge in [0.1, 0.15) is 11.7 Å². The SMILES string of the molecule is CC(=O)N1CCC(Nc2nc(NCc3ccccc3Sc3ccccc3CO)nc3ccccc23)=N1. The molecule has 3 N–H and O–H groups in total. The predicted octanol–water partition coefficient (Wildman–Crippen LogP) is 4.86. The van der Waals surface area contributed by atoms with Crippen molar-refractivity contribution in [2.75, 3.05) is 17.2 Å². The van der Waals surface area contributed by atoms with Crippen LogP contribution in [0.3, 0.4) is 0 Å². The molecule has 182 valence electrons. The fourth-order valence-corrected chi connectivity index (χ4v) is 5.00. The lowest BCUT2D eigenvalue weighted by atomic mass is 10.2. The summed E-state index contributed by atoms with van der Waals surface area (Å²) in [7, 11) is 0. The Morgan fingerprint density at radius 1 is 0.972 bits per heavy atom. The van der Waals surface area contributed by atoms with Crippen LogP contribution in [0, 0.1) is 0 Å². The average molecular weight is 499 g/mol. The Hall–Kier alpha value is -3.95. The Morgan fingerprint density at radius 3 is 2.42 bits per heavy atom. The van der Waals surface area contributed by atoms with E-state index in [2.05, 4.69) is 27.9 Å². The number of amidine groups is 1. The summed E-state index contributed by atoms with van der Waals surface area (Å²) < 4.78 is 0. The van der Waals surface area contributed by atoms with Crippen LogP contribution in [0.5, 0.6) is 0 Å². The summed E-state index contributed by atoms with van der Waals surface area (Å²) in [5.41, 5.74) is 2.80. The van der Waals surface area contributed by atoms with Crippen molar-refractivity contribution in [1.82, 2.24) is 15.0 Å². The van der Waals surface area contributed by atoms with Gasteiger partial charge < -0.3 is 15.7 Å². The van der Waals surface area contributed by atoms with Gasteiger partial charge in [-0.05, 0) is 35.4 Å². The highest BCUT2D eigenvalue weighted by atomic mass is 32.2. The number of rotatable bonds is 7. The minimum Gasteiger partial charge on any atom is -0.392 e. The zero-order chi connectivity index (χ0) is 24.9. The Kier molecular flexibility index (Phi) is 7.11. The van der Waals surface area contributed by atoms with Gasteiger partial charge in [0.25, 0.3) is 0 Å². The molecule has 0 fully saturated rings. The molecule has 36 heavy (non-hydrogen) atoms. The maximum absolute atomic E-state index is 11.7. The van der Waals surface area contributed by atoms with E-state index in [4.69, 9.17) is 9.97 Å². The third-order valence-corrected chi connectivity index (χ3v) is 7.04. The second kappa shape index (κ2) is 10.8. The van der Waals surface area contributed by atoms with Crippen molar-refractivity contribution in [3.63, 3.8) is 0 Å². The number of fused-ring (bicyclic) bond motifs is 1. The van der Waals surface area contributed by atoms with Gasteiger partial charge in [-0.15, -0.1) is 0 Å². The monoisotopic (exact) mass is 498 g/mol. The van der Waals surface area contributed by atoms with Gasteiger partial charge >= 0.3 is 0 Å². The second-order valence-electron chi connectivity index (χ2n) is 8.31.